The first-order chi connectivity index (χ1) is 5.16. The molecule has 0 bridgehead atoms. The zero-order valence-electron chi connectivity index (χ0n) is 7.14. The van der Waals surface area contributed by atoms with E-state index in [1.165, 1.54) is 6.92 Å². The van der Waals surface area contributed by atoms with Crippen molar-refractivity contribution in [1.29, 1.82) is 0 Å². The van der Waals surface area contributed by atoms with E-state index in [2.05, 4.69) is 5.32 Å². The highest BCUT2D eigenvalue weighted by Gasteiger charge is 1.97. The standard InChI is InChI=1S/C8H15NO2/c1-3-8(11)5-4-6-9-7(2)10/h3-6H2,1-2H3,(H,9,10). The van der Waals surface area contributed by atoms with E-state index in [4.69, 9.17) is 0 Å². The zero-order valence-corrected chi connectivity index (χ0v) is 7.14. The highest BCUT2D eigenvalue weighted by Crippen LogP contribution is 1.92. The van der Waals surface area contributed by atoms with Crippen LogP contribution < -0.4 is 5.32 Å². The average molecular weight is 157 g/mol. The molecule has 0 aromatic rings. The van der Waals surface area contributed by atoms with Gasteiger partial charge in [-0.2, -0.15) is 0 Å². The summed E-state index contributed by atoms with van der Waals surface area (Å²) in [4.78, 5) is 21.1. The topological polar surface area (TPSA) is 46.2 Å². The summed E-state index contributed by atoms with van der Waals surface area (Å²) in [6.07, 6.45) is 1.93. The highest BCUT2D eigenvalue weighted by atomic mass is 16.1. The zero-order chi connectivity index (χ0) is 8.69. The van der Waals surface area contributed by atoms with E-state index in [1.807, 2.05) is 6.92 Å². The lowest BCUT2D eigenvalue weighted by Gasteiger charge is -1.99. The lowest BCUT2D eigenvalue weighted by Crippen LogP contribution is -2.21. The average Bonchev–Trinajstić information content (AvgIpc) is 1.97. The Hall–Kier alpha value is -0.860. The molecule has 0 rings (SSSR count). The molecule has 1 amide bonds. The summed E-state index contributed by atoms with van der Waals surface area (Å²) in [6, 6.07) is 0. The molecule has 0 heterocycles. The van der Waals surface area contributed by atoms with Crippen molar-refractivity contribution in [2.24, 2.45) is 0 Å². The van der Waals surface area contributed by atoms with Gasteiger partial charge in [-0.1, -0.05) is 6.92 Å². The maximum atomic E-state index is 10.7. The van der Waals surface area contributed by atoms with Gasteiger partial charge in [0.15, 0.2) is 0 Å². The summed E-state index contributed by atoms with van der Waals surface area (Å²) in [5, 5.41) is 2.63. The van der Waals surface area contributed by atoms with Gasteiger partial charge >= 0.3 is 0 Å². The number of Topliss-reactive ketones (excluding diaryl/α,β-unsaturated/α-hetero) is 1. The number of amides is 1. The van der Waals surface area contributed by atoms with Crippen LogP contribution in [0.1, 0.15) is 33.1 Å². The Labute approximate surface area is 67.2 Å². The Balaban J connectivity index is 3.14. The summed E-state index contributed by atoms with van der Waals surface area (Å²) in [5.74, 6) is 0.226. The normalized spacial score (nSPS) is 9.27. The molecule has 0 saturated carbocycles. The second-order valence-corrected chi connectivity index (χ2v) is 2.48. The van der Waals surface area contributed by atoms with Gasteiger partial charge in [-0.25, -0.2) is 0 Å². The fraction of sp³-hybridized carbons (Fsp3) is 0.750. The van der Waals surface area contributed by atoms with E-state index < -0.39 is 0 Å². The van der Waals surface area contributed by atoms with Gasteiger partial charge in [0.05, 0.1) is 0 Å². The summed E-state index contributed by atoms with van der Waals surface area (Å²) in [7, 11) is 0. The predicted octanol–water partition coefficient (Wildman–Crippen LogP) is 0.882. The minimum atomic E-state index is -0.0334. The van der Waals surface area contributed by atoms with Crippen molar-refractivity contribution in [1.82, 2.24) is 5.32 Å². The number of nitrogens with one attached hydrogen (secondary N) is 1. The largest absolute Gasteiger partial charge is 0.356 e. The van der Waals surface area contributed by atoms with Crippen molar-refractivity contribution < 1.29 is 9.59 Å². The quantitative estimate of drug-likeness (QED) is 0.602. The molecular weight excluding hydrogens is 142 g/mol. The van der Waals surface area contributed by atoms with Crippen molar-refractivity contribution in [3.05, 3.63) is 0 Å². The van der Waals surface area contributed by atoms with Crippen molar-refractivity contribution in [2.45, 2.75) is 33.1 Å². The fourth-order valence-electron chi connectivity index (χ4n) is 0.727. The molecule has 0 aliphatic heterocycles. The summed E-state index contributed by atoms with van der Waals surface area (Å²) < 4.78 is 0. The van der Waals surface area contributed by atoms with Crippen LogP contribution in [0.5, 0.6) is 0 Å². The van der Waals surface area contributed by atoms with Crippen LogP contribution in [0, 0.1) is 0 Å². The molecule has 0 atom stereocenters. The minimum absolute atomic E-state index is 0.0334. The lowest BCUT2D eigenvalue weighted by atomic mass is 10.2. The molecule has 0 saturated heterocycles. The van der Waals surface area contributed by atoms with Gasteiger partial charge in [-0.15, -0.1) is 0 Å². The summed E-state index contributed by atoms with van der Waals surface area (Å²) >= 11 is 0. The van der Waals surface area contributed by atoms with Crippen LogP contribution in [0.4, 0.5) is 0 Å². The van der Waals surface area contributed by atoms with Crippen LogP contribution in [0.2, 0.25) is 0 Å². The maximum absolute atomic E-state index is 10.7. The molecule has 3 nitrogen and oxygen atoms in total. The third kappa shape index (κ3) is 7.03. The highest BCUT2D eigenvalue weighted by molar-refractivity contribution is 5.78. The van der Waals surface area contributed by atoms with Gasteiger partial charge < -0.3 is 5.32 Å². The molecule has 3 heteroatoms. The smallest absolute Gasteiger partial charge is 0.216 e. The molecule has 0 unspecified atom stereocenters. The second-order valence-electron chi connectivity index (χ2n) is 2.48. The number of hydrogen-bond acceptors (Lipinski definition) is 2. The lowest BCUT2D eigenvalue weighted by molar-refractivity contribution is -0.120. The Morgan fingerprint density at radius 3 is 2.45 bits per heavy atom. The van der Waals surface area contributed by atoms with E-state index in [-0.39, 0.29) is 11.7 Å². The number of carbonyl (C=O) groups is 2. The van der Waals surface area contributed by atoms with E-state index in [1.54, 1.807) is 0 Å². The first-order valence-electron chi connectivity index (χ1n) is 3.93. The molecule has 0 spiro atoms. The molecule has 0 fully saturated rings. The fourth-order valence-corrected chi connectivity index (χ4v) is 0.727. The summed E-state index contributed by atoms with van der Waals surface area (Å²) in [5.41, 5.74) is 0. The molecule has 0 aromatic heterocycles. The van der Waals surface area contributed by atoms with Crippen LogP contribution in [0.25, 0.3) is 0 Å². The van der Waals surface area contributed by atoms with Crippen LogP contribution in [0.15, 0.2) is 0 Å². The molecule has 0 aromatic carbocycles. The van der Waals surface area contributed by atoms with Crippen LogP contribution in [0.3, 0.4) is 0 Å². The third-order valence-electron chi connectivity index (χ3n) is 1.40. The van der Waals surface area contributed by atoms with Crippen molar-refractivity contribution >= 4 is 11.7 Å². The van der Waals surface area contributed by atoms with Crippen molar-refractivity contribution in [3.8, 4) is 0 Å². The molecule has 0 radical (unpaired) electrons. The van der Waals surface area contributed by atoms with E-state index >= 15 is 0 Å². The molecular formula is C8H15NO2. The molecule has 0 aliphatic rings. The van der Waals surface area contributed by atoms with Crippen LogP contribution in [-0.2, 0) is 9.59 Å². The first-order valence-corrected chi connectivity index (χ1v) is 3.93. The Morgan fingerprint density at radius 2 is 2.00 bits per heavy atom. The molecule has 0 aliphatic carbocycles. The van der Waals surface area contributed by atoms with Gasteiger partial charge in [-0.05, 0) is 6.42 Å². The van der Waals surface area contributed by atoms with Crippen molar-refractivity contribution in [2.75, 3.05) is 6.54 Å². The van der Waals surface area contributed by atoms with Gasteiger partial charge in [-0.3, -0.25) is 9.59 Å². The van der Waals surface area contributed by atoms with Crippen LogP contribution >= 0.6 is 0 Å². The van der Waals surface area contributed by atoms with E-state index in [0.717, 1.165) is 6.42 Å². The Kier molecular flexibility index (Phi) is 5.43. The molecule has 1 N–H and O–H groups in total. The van der Waals surface area contributed by atoms with Gasteiger partial charge in [0.2, 0.25) is 5.91 Å². The third-order valence-corrected chi connectivity index (χ3v) is 1.40. The number of ketones is 1. The predicted molar refractivity (Wildman–Crippen MR) is 43.2 cm³/mol. The minimum Gasteiger partial charge on any atom is -0.356 e. The second kappa shape index (κ2) is 5.89. The number of hydrogen-bond donors (Lipinski definition) is 1. The number of carbonyl (C=O) groups excluding carboxylic acids is 2. The van der Waals surface area contributed by atoms with Gasteiger partial charge in [0.1, 0.15) is 5.78 Å². The SMILES string of the molecule is CCC(=O)CCCNC(C)=O. The molecule has 11 heavy (non-hydrogen) atoms. The summed E-state index contributed by atoms with van der Waals surface area (Å²) in [6.45, 7) is 3.93. The molecule has 64 valence electrons. The number of rotatable bonds is 5. The Morgan fingerprint density at radius 1 is 1.36 bits per heavy atom. The first kappa shape index (κ1) is 10.1. The Bertz CT molecular complexity index is 143. The van der Waals surface area contributed by atoms with Gasteiger partial charge in [0.25, 0.3) is 0 Å². The van der Waals surface area contributed by atoms with E-state index in [0.29, 0.717) is 19.4 Å². The van der Waals surface area contributed by atoms with Crippen LogP contribution in [-0.4, -0.2) is 18.2 Å². The van der Waals surface area contributed by atoms with Crippen molar-refractivity contribution in [3.63, 3.8) is 0 Å². The van der Waals surface area contributed by atoms with Gasteiger partial charge in [0, 0.05) is 26.3 Å². The van der Waals surface area contributed by atoms with E-state index in [9.17, 15) is 9.59 Å². The monoisotopic (exact) mass is 157 g/mol. The maximum Gasteiger partial charge on any atom is 0.216 e.